The van der Waals surface area contributed by atoms with Gasteiger partial charge in [0.05, 0.1) is 12.2 Å². The molecular formula is C12H16N8O. The Morgan fingerprint density at radius 2 is 1.90 bits per heavy atom. The van der Waals surface area contributed by atoms with Crippen molar-refractivity contribution >= 4 is 11.9 Å². The molecule has 110 valence electrons. The third-order valence-electron chi connectivity index (χ3n) is 3.80. The molecule has 2 unspecified atom stereocenters. The standard InChI is InChI=1S/C12H16N8O/c13-18-10-15-11(19-4-3-14-7-19)17-12(16-10)20-5-8-1-2-9(6-20)21-8/h3-4,7-9H,1-2,5-6,13H2,(H,15,16,17,18). The van der Waals surface area contributed by atoms with E-state index in [1.807, 2.05) is 0 Å². The van der Waals surface area contributed by atoms with Gasteiger partial charge in [0.1, 0.15) is 6.33 Å². The van der Waals surface area contributed by atoms with E-state index in [4.69, 9.17) is 10.6 Å². The highest BCUT2D eigenvalue weighted by Gasteiger charge is 2.35. The molecule has 2 aliphatic heterocycles. The number of nitrogens with two attached hydrogens (primary N) is 1. The molecule has 2 aliphatic rings. The van der Waals surface area contributed by atoms with Gasteiger partial charge >= 0.3 is 0 Å². The summed E-state index contributed by atoms with van der Waals surface area (Å²) in [6, 6.07) is 0. The van der Waals surface area contributed by atoms with Gasteiger partial charge in [-0.05, 0) is 12.8 Å². The fourth-order valence-corrected chi connectivity index (χ4v) is 2.83. The third-order valence-corrected chi connectivity index (χ3v) is 3.80. The highest BCUT2D eigenvalue weighted by molar-refractivity contribution is 5.40. The van der Waals surface area contributed by atoms with Gasteiger partial charge in [0.15, 0.2) is 0 Å². The molecule has 0 aromatic carbocycles. The molecule has 4 rings (SSSR count). The fraction of sp³-hybridized carbons (Fsp3) is 0.500. The molecule has 0 radical (unpaired) electrons. The molecule has 9 heteroatoms. The van der Waals surface area contributed by atoms with Crippen LogP contribution in [0.15, 0.2) is 18.7 Å². The quantitative estimate of drug-likeness (QED) is 0.586. The van der Waals surface area contributed by atoms with Crippen LogP contribution in [0.25, 0.3) is 5.95 Å². The van der Waals surface area contributed by atoms with Crippen molar-refractivity contribution in [2.24, 2.45) is 5.84 Å². The normalized spacial score (nSPS) is 24.3. The van der Waals surface area contributed by atoms with Gasteiger partial charge < -0.3 is 9.64 Å². The van der Waals surface area contributed by atoms with Crippen molar-refractivity contribution < 1.29 is 4.74 Å². The van der Waals surface area contributed by atoms with Crippen LogP contribution in [-0.2, 0) is 4.74 Å². The van der Waals surface area contributed by atoms with Crippen LogP contribution in [0.3, 0.4) is 0 Å². The smallest absolute Gasteiger partial charge is 0.243 e. The predicted octanol–water partition coefficient (Wildman–Crippen LogP) is -0.290. The molecule has 2 atom stereocenters. The van der Waals surface area contributed by atoms with E-state index in [2.05, 4.69) is 30.3 Å². The van der Waals surface area contributed by atoms with Crippen LogP contribution in [0.5, 0.6) is 0 Å². The first-order chi connectivity index (χ1) is 10.3. The van der Waals surface area contributed by atoms with Crippen molar-refractivity contribution in [2.75, 3.05) is 23.4 Å². The predicted molar refractivity (Wildman–Crippen MR) is 74.9 cm³/mol. The zero-order valence-corrected chi connectivity index (χ0v) is 11.4. The second kappa shape index (κ2) is 4.93. The lowest BCUT2D eigenvalue weighted by Gasteiger charge is -2.32. The molecule has 21 heavy (non-hydrogen) atoms. The van der Waals surface area contributed by atoms with E-state index in [0.717, 1.165) is 25.9 Å². The summed E-state index contributed by atoms with van der Waals surface area (Å²) in [5, 5.41) is 0. The van der Waals surface area contributed by atoms with E-state index < -0.39 is 0 Å². The SMILES string of the molecule is NNc1nc(N2CC3CCC(C2)O3)nc(-n2ccnc2)n1. The van der Waals surface area contributed by atoms with E-state index >= 15 is 0 Å². The summed E-state index contributed by atoms with van der Waals surface area (Å²) in [6.07, 6.45) is 7.84. The first kappa shape index (κ1) is 12.5. The summed E-state index contributed by atoms with van der Waals surface area (Å²) in [6.45, 7) is 1.60. The van der Waals surface area contributed by atoms with Crippen molar-refractivity contribution in [1.82, 2.24) is 24.5 Å². The molecule has 2 bridgehead atoms. The van der Waals surface area contributed by atoms with E-state index in [1.54, 1.807) is 23.3 Å². The number of morpholine rings is 1. The Balaban J connectivity index is 1.69. The van der Waals surface area contributed by atoms with Crippen LogP contribution in [-0.4, -0.2) is 49.8 Å². The number of rotatable bonds is 3. The number of hydrogen-bond acceptors (Lipinski definition) is 8. The Morgan fingerprint density at radius 3 is 2.57 bits per heavy atom. The number of nitrogens with zero attached hydrogens (tertiary/aromatic N) is 6. The van der Waals surface area contributed by atoms with Gasteiger partial charge in [0.25, 0.3) is 0 Å². The fourth-order valence-electron chi connectivity index (χ4n) is 2.83. The number of nitrogen functional groups attached to an aromatic ring is 1. The number of hydrazine groups is 1. The van der Waals surface area contributed by atoms with Crippen molar-refractivity contribution in [3.8, 4) is 5.95 Å². The van der Waals surface area contributed by atoms with Crippen LogP contribution < -0.4 is 16.2 Å². The van der Waals surface area contributed by atoms with Crippen molar-refractivity contribution in [3.05, 3.63) is 18.7 Å². The summed E-state index contributed by atoms with van der Waals surface area (Å²) in [7, 11) is 0. The van der Waals surface area contributed by atoms with Gasteiger partial charge in [-0.3, -0.25) is 9.99 Å². The minimum Gasteiger partial charge on any atom is -0.371 e. The Labute approximate surface area is 121 Å². The third kappa shape index (κ3) is 2.30. The summed E-state index contributed by atoms with van der Waals surface area (Å²) in [5.41, 5.74) is 2.49. The first-order valence-electron chi connectivity index (χ1n) is 6.93. The van der Waals surface area contributed by atoms with Crippen LogP contribution in [0.4, 0.5) is 11.9 Å². The molecule has 9 nitrogen and oxygen atoms in total. The lowest BCUT2D eigenvalue weighted by Crippen LogP contribution is -2.43. The second-order valence-corrected chi connectivity index (χ2v) is 5.24. The van der Waals surface area contributed by atoms with Crippen LogP contribution >= 0.6 is 0 Å². The zero-order valence-electron chi connectivity index (χ0n) is 11.4. The highest BCUT2D eigenvalue weighted by atomic mass is 16.5. The lowest BCUT2D eigenvalue weighted by molar-refractivity contribution is 0.0299. The summed E-state index contributed by atoms with van der Waals surface area (Å²) in [4.78, 5) is 19.3. The molecule has 2 aromatic rings. The monoisotopic (exact) mass is 288 g/mol. The largest absolute Gasteiger partial charge is 0.371 e. The number of fused-ring (bicyclic) bond motifs is 2. The molecular weight excluding hydrogens is 272 g/mol. The summed E-state index contributed by atoms with van der Waals surface area (Å²) in [5.74, 6) is 6.91. The maximum Gasteiger partial charge on any atom is 0.243 e. The average molecular weight is 288 g/mol. The maximum atomic E-state index is 5.84. The Morgan fingerprint density at radius 1 is 1.14 bits per heavy atom. The average Bonchev–Trinajstić information content (AvgIpc) is 3.16. The van der Waals surface area contributed by atoms with Gasteiger partial charge in [-0.15, -0.1) is 0 Å². The molecule has 0 aliphatic carbocycles. The number of aromatic nitrogens is 5. The number of nitrogens with one attached hydrogen (secondary N) is 1. The van der Waals surface area contributed by atoms with E-state index in [0.29, 0.717) is 17.8 Å². The van der Waals surface area contributed by atoms with E-state index in [-0.39, 0.29) is 12.2 Å². The molecule has 0 spiro atoms. The minimum atomic E-state index is 0.270. The molecule has 2 aromatic heterocycles. The molecule has 2 saturated heterocycles. The second-order valence-electron chi connectivity index (χ2n) is 5.24. The van der Waals surface area contributed by atoms with Crippen LogP contribution in [0, 0.1) is 0 Å². The highest BCUT2D eigenvalue weighted by Crippen LogP contribution is 2.28. The number of imidazole rings is 1. The first-order valence-corrected chi connectivity index (χ1v) is 6.93. The molecule has 0 saturated carbocycles. The van der Waals surface area contributed by atoms with Gasteiger partial charge in [-0.25, -0.2) is 10.8 Å². The van der Waals surface area contributed by atoms with Crippen molar-refractivity contribution in [2.45, 2.75) is 25.0 Å². The van der Waals surface area contributed by atoms with E-state index in [9.17, 15) is 0 Å². The van der Waals surface area contributed by atoms with Gasteiger partial charge in [-0.1, -0.05) is 0 Å². The van der Waals surface area contributed by atoms with Crippen LogP contribution in [0.2, 0.25) is 0 Å². The van der Waals surface area contributed by atoms with Crippen molar-refractivity contribution in [3.63, 3.8) is 0 Å². The lowest BCUT2D eigenvalue weighted by atomic mass is 10.2. The van der Waals surface area contributed by atoms with Gasteiger partial charge in [-0.2, -0.15) is 15.0 Å². The minimum absolute atomic E-state index is 0.270. The van der Waals surface area contributed by atoms with Gasteiger partial charge in [0.2, 0.25) is 17.8 Å². The Bertz CT molecular complexity index is 618. The van der Waals surface area contributed by atoms with E-state index in [1.165, 1.54) is 0 Å². The maximum absolute atomic E-state index is 5.84. The molecule has 0 amide bonds. The molecule has 3 N–H and O–H groups in total. The number of anilines is 2. The number of hydrogen-bond donors (Lipinski definition) is 2. The summed E-state index contributed by atoms with van der Waals surface area (Å²) < 4.78 is 7.56. The van der Waals surface area contributed by atoms with Crippen LogP contribution in [0.1, 0.15) is 12.8 Å². The summed E-state index contributed by atoms with van der Waals surface area (Å²) >= 11 is 0. The Kier molecular flexibility index (Phi) is 2.93. The van der Waals surface area contributed by atoms with Gasteiger partial charge in [0, 0.05) is 25.5 Å². The molecule has 4 heterocycles. The number of ether oxygens (including phenoxy) is 1. The zero-order chi connectivity index (χ0) is 14.2. The molecule has 2 fully saturated rings. The van der Waals surface area contributed by atoms with Crippen molar-refractivity contribution in [1.29, 1.82) is 0 Å². The topological polar surface area (TPSA) is 107 Å². The Hall–Kier alpha value is -2.26.